The van der Waals surface area contributed by atoms with Gasteiger partial charge < -0.3 is 25.0 Å². The lowest BCUT2D eigenvalue weighted by Gasteiger charge is -2.33. The van der Waals surface area contributed by atoms with Gasteiger partial charge in [0.25, 0.3) is 0 Å². The minimum absolute atomic E-state index is 0. The molecular weight excluding hydrogens is 511 g/mol. The number of para-hydroxylation sites is 2. The van der Waals surface area contributed by atoms with Crippen LogP contribution in [0.2, 0.25) is 0 Å². The second kappa shape index (κ2) is 12.9. The summed E-state index contributed by atoms with van der Waals surface area (Å²) in [7, 11) is 1.65. The quantitative estimate of drug-likeness (QED) is 0.294. The number of hydrogen-bond donors (Lipinski definition) is 2. The number of nitrogens with one attached hydrogen (secondary N) is 2. The van der Waals surface area contributed by atoms with Crippen molar-refractivity contribution in [1.29, 1.82) is 0 Å². The summed E-state index contributed by atoms with van der Waals surface area (Å²) < 4.78 is 11.4. The summed E-state index contributed by atoms with van der Waals surface area (Å²) in [6, 6.07) is 12.5. The molecule has 1 unspecified atom stereocenters. The third-order valence-electron chi connectivity index (χ3n) is 4.90. The number of methoxy groups -OCH3 is 1. The molecule has 0 spiro atoms. The smallest absolute Gasteiger partial charge is 0.191 e. The van der Waals surface area contributed by atoms with Crippen LogP contribution in [0, 0.1) is 0 Å². The number of halogens is 1. The molecule has 1 aliphatic heterocycles. The first-order valence-electron chi connectivity index (χ1n) is 10.3. The molecule has 8 heteroatoms. The number of anilines is 1. The summed E-state index contributed by atoms with van der Waals surface area (Å²) in [5, 5.41) is 10.5. The van der Waals surface area contributed by atoms with E-state index in [1.807, 2.05) is 42.5 Å². The fourth-order valence-electron chi connectivity index (χ4n) is 3.40. The van der Waals surface area contributed by atoms with Gasteiger partial charge in [-0.15, -0.1) is 35.3 Å². The Morgan fingerprint density at radius 2 is 1.93 bits per heavy atom. The van der Waals surface area contributed by atoms with Crippen LogP contribution in [0.1, 0.15) is 26.7 Å². The van der Waals surface area contributed by atoms with Gasteiger partial charge in [-0.1, -0.05) is 12.1 Å². The predicted molar refractivity (Wildman–Crippen MR) is 137 cm³/mol. The van der Waals surface area contributed by atoms with E-state index in [0.717, 1.165) is 49.9 Å². The number of thiophene rings is 1. The molecule has 0 radical (unpaired) electrons. The normalized spacial score (nSPS) is 15.8. The van der Waals surface area contributed by atoms with E-state index in [2.05, 4.69) is 40.0 Å². The van der Waals surface area contributed by atoms with Crippen LogP contribution in [-0.2, 0) is 0 Å². The van der Waals surface area contributed by atoms with Gasteiger partial charge >= 0.3 is 0 Å². The molecular formula is C22H33IN4O2S. The van der Waals surface area contributed by atoms with Gasteiger partial charge in [-0.25, -0.2) is 4.99 Å². The zero-order valence-corrected chi connectivity index (χ0v) is 21.1. The molecule has 1 fully saturated rings. The number of aliphatic imine (C=N–C) groups is 1. The fraction of sp³-hybridized carbons (Fsp3) is 0.500. The van der Waals surface area contributed by atoms with Gasteiger partial charge in [0.1, 0.15) is 6.10 Å². The average Bonchev–Trinajstić information content (AvgIpc) is 3.28. The Hall–Kier alpha value is -1.68. The van der Waals surface area contributed by atoms with E-state index in [4.69, 9.17) is 14.5 Å². The Balaban J connectivity index is 0.00000320. The van der Waals surface area contributed by atoms with Crippen LogP contribution in [0.25, 0.3) is 0 Å². The van der Waals surface area contributed by atoms with Gasteiger partial charge in [0.2, 0.25) is 0 Å². The van der Waals surface area contributed by atoms with E-state index < -0.39 is 0 Å². The van der Waals surface area contributed by atoms with Crippen molar-refractivity contribution in [3.05, 3.63) is 41.8 Å². The van der Waals surface area contributed by atoms with Crippen LogP contribution in [0.4, 0.5) is 5.00 Å². The third-order valence-corrected chi connectivity index (χ3v) is 5.83. The standard InChI is InChI=1S/C22H32N4O2S.HI/c1-4-23-22(24-16-17(2)28-20-9-6-5-8-19(20)27-3)25-18-11-13-26(14-12-18)21-10-7-15-29-21;/h5-10,15,17-18H,4,11-14,16H2,1-3H3,(H2,23,24,25);1H. The first-order chi connectivity index (χ1) is 14.2. The van der Waals surface area contributed by atoms with E-state index in [1.165, 1.54) is 5.00 Å². The van der Waals surface area contributed by atoms with Gasteiger partial charge in [0, 0.05) is 25.7 Å². The molecule has 30 heavy (non-hydrogen) atoms. The molecule has 0 bridgehead atoms. The maximum absolute atomic E-state index is 6.02. The molecule has 1 aromatic carbocycles. The van der Waals surface area contributed by atoms with Crippen LogP contribution < -0.4 is 25.0 Å². The molecule has 3 rings (SSSR count). The number of ether oxygens (including phenoxy) is 2. The van der Waals surface area contributed by atoms with E-state index in [-0.39, 0.29) is 30.1 Å². The van der Waals surface area contributed by atoms with E-state index in [1.54, 1.807) is 7.11 Å². The average molecular weight is 545 g/mol. The highest BCUT2D eigenvalue weighted by atomic mass is 127. The number of benzene rings is 1. The molecule has 6 nitrogen and oxygen atoms in total. The molecule has 1 aliphatic rings. The van der Waals surface area contributed by atoms with Gasteiger partial charge in [0.15, 0.2) is 17.5 Å². The predicted octanol–water partition coefficient (Wildman–Crippen LogP) is 4.37. The molecule has 0 aliphatic carbocycles. The fourth-order valence-corrected chi connectivity index (χ4v) is 4.18. The lowest BCUT2D eigenvalue weighted by Crippen LogP contribution is -2.49. The van der Waals surface area contributed by atoms with Crippen molar-refractivity contribution in [1.82, 2.24) is 10.6 Å². The molecule has 1 saturated heterocycles. The zero-order valence-electron chi connectivity index (χ0n) is 18.0. The summed E-state index contributed by atoms with van der Waals surface area (Å²) in [6.45, 7) is 7.67. The molecule has 2 N–H and O–H groups in total. The van der Waals surface area contributed by atoms with Crippen LogP contribution in [-0.4, -0.2) is 51.4 Å². The number of piperidine rings is 1. The molecule has 1 aromatic heterocycles. The maximum Gasteiger partial charge on any atom is 0.191 e. The van der Waals surface area contributed by atoms with Crippen LogP contribution >= 0.6 is 35.3 Å². The molecule has 0 amide bonds. The third kappa shape index (κ3) is 7.23. The number of guanidine groups is 1. The summed E-state index contributed by atoms with van der Waals surface area (Å²) >= 11 is 1.81. The largest absolute Gasteiger partial charge is 0.493 e. The topological polar surface area (TPSA) is 58.1 Å². The van der Waals surface area contributed by atoms with E-state index >= 15 is 0 Å². The van der Waals surface area contributed by atoms with Gasteiger partial charge in [-0.2, -0.15) is 0 Å². The van der Waals surface area contributed by atoms with E-state index in [0.29, 0.717) is 12.6 Å². The highest BCUT2D eigenvalue weighted by molar-refractivity contribution is 14.0. The van der Waals surface area contributed by atoms with Gasteiger partial charge in [-0.05, 0) is 56.3 Å². The highest BCUT2D eigenvalue weighted by Crippen LogP contribution is 2.27. The summed E-state index contributed by atoms with van der Waals surface area (Å²) in [5.74, 6) is 2.35. The van der Waals surface area contributed by atoms with Crippen molar-refractivity contribution in [2.45, 2.75) is 38.8 Å². The number of rotatable bonds is 8. The molecule has 1 atom stereocenters. The summed E-state index contributed by atoms with van der Waals surface area (Å²) in [4.78, 5) is 7.21. The first-order valence-corrected chi connectivity index (χ1v) is 11.2. The minimum Gasteiger partial charge on any atom is -0.493 e. The molecule has 2 heterocycles. The van der Waals surface area contributed by atoms with Crippen molar-refractivity contribution in [2.75, 3.05) is 38.2 Å². The Bertz CT molecular complexity index is 764. The Morgan fingerprint density at radius 1 is 1.20 bits per heavy atom. The SMILES string of the molecule is CCNC(=NCC(C)Oc1ccccc1OC)NC1CCN(c2cccs2)CC1.I. The first kappa shape index (κ1) is 24.6. The highest BCUT2D eigenvalue weighted by Gasteiger charge is 2.20. The molecule has 2 aromatic rings. The second-order valence-electron chi connectivity index (χ2n) is 7.16. The lowest BCUT2D eigenvalue weighted by atomic mass is 10.1. The number of nitrogens with zero attached hydrogens (tertiary/aromatic N) is 2. The second-order valence-corrected chi connectivity index (χ2v) is 8.08. The van der Waals surface area contributed by atoms with E-state index in [9.17, 15) is 0 Å². The monoisotopic (exact) mass is 544 g/mol. The van der Waals surface area contributed by atoms with Crippen molar-refractivity contribution >= 4 is 46.3 Å². The van der Waals surface area contributed by atoms with Crippen LogP contribution in [0.5, 0.6) is 11.5 Å². The van der Waals surface area contributed by atoms with Crippen molar-refractivity contribution in [2.24, 2.45) is 4.99 Å². The Kier molecular flexibility index (Phi) is 10.6. The summed E-state index contributed by atoms with van der Waals surface area (Å²) in [6.07, 6.45) is 2.16. The van der Waals surface area contributed by atoms with Crippen LogP contribution in [0.3, 0.4) is 0 Å². The Labute approximate surface area is 201 Å². The van der Waals surface area contributed by atoms with Crippen LogP contribution in [0.15, 0.2) is 46.8 Å². The van der Waals surface area contributed by atoms with Crippen molar-refractivity contribution < 1.29 is 9.47 Å². The zero-order chi connectivity index (χ0) is 20.5. The van der Waals surface area contributed by atoms with Crippen molar-refractivity contribution in [3.8, 4) is 11.5 Å². The van der Waals surface area contributed by atoms with Gasteiger partial charge in [-0.3, -0.25) is 0 Å². The molecule has 0 saturated carbocycles. The maximum atomic E-state index is 6.02. The lowest BCUT2D eigenvalue weighted by molar-refractivity contribution is 0.219. The summed E-state index contributed by atoms with van der Waals surface area (Å²) in [5.41, 5.74) is 0. The molecule has 166 valence electrons. The van der Waals surface area contributed by atoms with Gasteiger partial charge in [0.05, 0.1) is 18.7 Å². The minimum atomic E-state index is -0.0533. The Morgan fingerprint density at radius 3 is 2.57 bits per heavy atom. The number of hydrogen-bond acceptors (Lipinski definition) is 5. The van der Waals surface area contributed by atoms with Crippen molar-refractivity contribution in [3.63, 3.8) is 0 Å².